The molecule has 0 spiro atoms. The fraction of sp³-hybridized carbons (Fsp3) is 0.235. The second-order valence-corrected chi connectivity index (χ2v) is 12.1. The molecule has 0 aliphatic heterocycles. The number of nitrogens with two attached hydrogens (primary N) is 1. The van der Waals surface area contributed by atoms with E-state index in [4.69, 9.17) is 15.1 Å². The van der Waals surface area contributed by atoms with Gasteiger partial charge in [-0.25, -0.2) is 18.2 Å². The number of aromatic nitrogens is 2. The van der Waals surface area contributed by atoms with Gasteiger partial charge in [0.05, 0.1) is 21.8 Å². The maximum atomic E-state index is 13.7. The summed E-state index contributed by atoms with van der Waals surface area (Å²) in [5.74, 6) is -2.83. The van der Waals surface area contributed by atoms with E-state index in [2.05, 4.69) is 10.3 Å². The average Bonchev–Trinajstić information content (AvgIpc) is 3.66. The van der Waals surface area contributed by atoms with E-state index in [9.17, 15) is 22.8 Å². The zero-order chi connectivity index (χ0) is 32.2. The van der Waals surface area contributed by atoms with Crippen molar-refractivity contribution in [3.8, 4) is 21.7 Å². The summed E-state index contributed by atoms with van der Waals surface area (Å²) in [5, 5.41) is 2.73. The van der Waals surface area contributed by atoms with Crippen molar-refractivity contribution in [2.45, 2.75) is 46.6 Å². The third kappa shape index (κ3) is 7.31. The van der Waals surface area contributed by atoms with Crippen molar-refractivity contribution in [1.82, 2.24) is 15.3 Å². The Morgan fingerprint density at radius 1 is 0.911 bits per heavy atom. The van der Waals surface area contributed by atoms with E-state index in [0.717, 1.165) is 29.0 Å². The van der Waals surface area contributed by atoms with Crippen LogP contribution in [-0.4, -0.2) is 21.8 Å². The van der Waals surface area contributed by atoms with Crippen LogP contribution in [0.3, 0.4) is 0 Å². The van der Waals surface area contributed by atoms with Gasteiger partial charge in [-0.1, -0.05) is 32.0 Å². The lowest BCUT2D eigenvalue weighted by Gasteiger charge is -2.20. The molecule has 7 nitrogen and oxygen atoms in total. The fourth-order valence-corrected chi connectivity index (χ4v) is 6.08. The third-order valence-electron chi connectivity index (χ3n) is 7.15. The molecule has 0 saturated heterocycles. The predicted molar refractivity (Wildman–Crippen MR) is 166 cm³/mol. The number of carbonyl (C=O) groups excluding carboxylic acids is 2. The molecule has 3 aromatic heterocycles. The summed E-state index contributed by atoms with van der Waals surface area (Å²) in [5.41, 5.74) is 10.3. The van der Waals surface area contributed by atoms with Crippen LogP contribution in [0.2, 0.25) is 0 Å². The van der Waals surface area contributed by atoms with E-state index in [-0.39, 0.29) is 23.8 Å². The van der Waals surface area contributed by atoms with Crippen molar-refractivity contribution >= 4 is 23.2 Å². The molecule has 5 rings (SSSR count). The molecule has 3 heterocycles. The number of hydrogen-bond acceptors (Lipinski definition) is 6. The van der Waals surface area contributed by atoms with Crippen LogP contribution in [0.25, 0.3) is 21.7 Å². The minimum Gasteiger partial charge on any atom is -0.449 e. The summed E-state index contributed by atoms with van der Waals surface area (Å²) in [7, 11) is 0. The fourth-order valence-electron chi connectivity index (χ4n) is 5.10. The SMILES string of the molecule is Cc1nc(-c2c(CCc3ccc(F)cc3)nc(CC(C)C)c(C(N)=O)c2-c2ccc(C(=O)NCc3ccc(F)c(F)c3)s2)co1. The van der Waals surface area contributed by atoms with Gasteiger partial charge in [-0.2, -0.15) is 0 Å². The number of carbonyl (C=O) groups is 2. The zero-order valence-electron chi connectivity index (χ0n) is 24.9. The van der Waals surface area contributed by atoms with Gasteiger partial charge in [-0.15, -0.1) is 11.3 Å². The number of hydrogen-bond donors (Lipinski definition) is 2. The van der Waals surface area contributed by atoms with Crippen molar-refractivity contribution < 1.29 is 27.2 Å². The molecule has 0 unspecified atom stereocenters. The number of benzene rings is 2. The summed E-state index contributed by atoms with van der Waals surface area (Å²) in [4.78, 5) is 36.7. The quantitative estimate of drug-likeness (QED) is 0.160. The lowest BCUT2D eigenvalue weighted by atomic mass is 9.90. The zero-order valence-corrected chi connectivity index (χ0v) is 25.7. The van der Waals surface area contributed by atoms with Gasteiger partial charge in [-0.3, -0.25) is 14.6 Å². The van der Waals surface area contributed by atoms with Gasteiger partial charge < -0.3 is 15.5 Å². The van der Waals surface area contributed by atoms with Crippen molar-refractivity contribution in [3.63, 3.8) is 0 Å². The summed E-state index contributed by atoms with van der Waals surface area (Å²) >= 11 is 1.15. The number of rotatable bonds is 11. The van der Waals surface area contributed by atoms with E-state index >= 15 is 0 Å². The Bertz CT molecular complexity index is 1870. The molecule has 0 saturated carbocycles. The molecule has 2 amide bonds. The van der Waals surface area contributed by atoms with Crippen LogP contribution in [-0.2, 0) is 25.8 Å². The predicted octanol–water partition coefficient (Wildman–Crippen LogP) is 7.20. The Balaban J connectivity index is 1.60. The van der Waals surface area contributed by atoms with Gasteiger partial charge in [-0.05, 0) is 72.7 Å². The monoisotopic (exact) mass is 632 g/mol. The summed E-state index contributed by atoms with van der Waals surface area (Å²) in [6.07, 6.45) is 2.94. The minimum atomic E-state index is -1.00. The summed E-state index contributed by atoms with van der Waals surface area (Å²) in [6, 6.07) is 13.0. The molecular formula is C34H31F3N4O3S. The van der Waals surface area contributed by atoms with Crippen molar-refractivity contribution in [3.05, 3.63) is 117 Å². The molecule has 0 radical (unpaired) electrons. The van der Waals surface area contributed by atoms with Crippen molar-refractivity contribution in [1.29, 1.82) is 0 Å². The first kappa shape index (κ1) is 31.6. The number of thiophene rings is 1. The number of primary amides is 1. The van der Waals surface area contributed by atoms with Gasteiger partial charge in [0.2, 0.25) is 0 Å². The van der Waals surface area contributed by atoms with Gasteiger partial charge >= 0.3 is 0 Å². The number of nitrogens with one attached hydrogen (secondary N) is 1. The second kappa shape index (κ2) is 13.5. The first-order valence-electron chi connectivity index (χ1n) is 14.3. The number of pyridine rings is 1. The van der Waals surface area contributed by atoms with Crippen molar-refractivity contribution in [2.24, 2.45) is 11.7 Å². The lowest BCUT2D eigenvalue weighted by molar-refractivity contribution is 0.0953. The number of amides is 2. The van der Waals surface area contributed by atoms with Gasteiger partial charge in [0.1, 0.15) is 17.8 Å². The standard InChI is InChI=1S/C34H31F3N4O3S/c1-18(2)14-26-31(33(38)42)32(28-12-13-29(45-28)34(43)39-16-21-6-10-23(36)24(37)15-21)30(27-17-44-19(3)40-27)25(41-26)11-7-20-4-8-22(35)9-5-20/h4-6,8-10,12-13,15,17-18H,7,11,14,16H2,1-3H3,(H2,38,42)(H,39,43). The Hall–Kier alpha value is -4.77. The van der Waals surface area contributed by atoms with Crippen LogP contribution >= 0.6 is 11.3 Å². The maximum absolute atomic E-state index is 13.7. The van der Waals surface area contributed by atoms with E-state index in [1.807, 2.05) is 13.8 Å². The molecule has 5 aromatic rings. The largest absolute Gasteiger partial charge is 0.449 e. The maximum Gasteiger partial charge on any atom is 0.261 e. The van der Waals surface area contributed by atoms with Crippen LogP contribution < -0.4 is 11.1 Å². The summed E-state index contributed by atoms with van der Waals surface area (Å²) < 4.78 is 46.1. The van der Waals surface area contributed by atoms with Crippen LogP contribution in [0.15, 0.2) is 65.3 Å². The molecule has 232 valence electrons. The van der Waals surface area contributed by atoms with Gasteiger partial charge in [0.25, 0.3) is 11.8 Å². The Labute approximate surface area is 262 Å². The molecule has 0 aliphatic carbocycles. The molecule has 11 heteroatoms. The van der Waals surface area contributed by atoms with Crippen molar-refractivity contribution in [2.75, 3.05) is 0 Å². The molecule has 0 fully saturated rings. The molecular weight excluding hydrogens is 601 g/mol. The van der Waals surface area contributed by atoms with Gasteiger partial charge in [0, 0.05) is 29.5 Å². The second-order valence-electron chi connectivity index (χ2n) is 11.1. The summed E-state index contributed by atoms with van der Waals surface area (Å²) in [6.45, 7) is 5.72. The topological polar surface area (TPSA) is 111 Å². The smallest absolute Gasteiger partial charge is 0.261 e. The normalized spacial score (nSPS) is 11.3. The molecule has 3 N–H and O–H groups in total. The van der Waals surface area contributed by atoms with Crippen LogP contribution in [0.4, 0.5) is 13.2 Å². The number of halogens is 3. The third-order valence-corrected chi connectivity index (χ3v) is 8.25. The number of aryl methyl sites for hydroxylation is 3. The van der Waals surface area contributed by atoms with Crippen LogP contribution in [0.1, 0.15) is 62.3 Å². The number of oxazole rings is 1. The average molecular weight is 633 g/mol. The lowest BCUT2D eigenvalue weighted by Crippen LogP contribution is -2.21. The van der Waals surface area contributed by atoms with Crippen LogP contribution in [0.5, 0.6) is 0 Å². The number of nitrogens with zero attached hydrogens (tertiary/aromatic N) is 2. The molecule has 0 aliphatic rings. The van der Waals surface area contributed by atoms with E-state index < -0.39 is 23.4 Å². The minimum absolute atomic E-state index is 0.0133. The highest BCUT2D eigenvalue weighted by atomic mass is 32.1. The highest BCUT2D eigenvalue weighted by Crippen LogP contribution is 2.42. The highest BCUT2D eigenvalue weighted by molar-refractivity contribution is 7.17. The first-order valence-corrected chi connectivity index (χ1v) is 15.2. The first-order chi connectivity index (χ1) is 21.5. The Morgan fingerprint density at radius 3 is 2.29 bits per heavy atom. The van der Waals surface area contributed by atoms with E-state index in [0.29, 0.717) is 68.7 Å². The van der Waals surface area contributed by atoms with Gasteiger partial charge in [0.15, 0.2) is 17.5 Å². The Morgan fingerprint density at radius 2 is 1.64 bits per heavy atom. The van der Waals surface area contributed by atoms with E-state index in [1.54, 1.807) is 31.2 Å². The Kier molecular flexibility index (Phi) is 9.48. The van der Waals surface area contributed by atoms with E-state index in [1.165, 1.54) is 24.5 Å². The highest BCUT2D eigenvalue weighted by Gasteiger charge is 2.28. The van der Waals surface area contributed by atoms with Crippen LogP contribution in [0, 0.1) is 30.3 Å². The molecule has 0 atom stereocenters. The molecule has 2 aromatic carbocycles. The molecule has 0 bridgehead atoms. The molecule has 45 heavy (non-hydrogen) atoms.